The molecule has 1 saturated carbocycles. The fourth-order valence-electron chi connectivity index (χ4n) is 2.14. The second kappa shape index (κ2) is 3.98. The van der Waals surface area contributed by atoms with E-state index < -0.39 is 5.97 Å². The van der Waals surface area contributed by atoms with Crippen molar-refractivity contribution in [2.45, 2.75) is 38.1 Å². The molecular weight excluding hydrogens is 182 g/mol. The lowest BCUT2D eigenvalue weighted by molar-refractivity contribution is -0.137. The van der Waals surface area contributed by atoms with Crippen LogP contribution in [0.4, 0.5) is 0 Å². The molecule has 0 saturated heterocycles. The van der Waals surface area contributed by atoms with Crippen LogP contribution in [-0.4, -0.2) is 29.6 Å². The second-order valence-electron chi connectivity index (χ2n) is 4.01. The van der Waals surface area contributed by atoms with Crippen LogP contribution in [0.3, 0.4) is 0 Å². The van der Waals surface area contributed by atoms with Crippen molar-refractivity contribution in [1.82, 2.24) is 0 Å². The molecule has 14 heavy (non-hydrogen) atoms. The van der Waals surface area contributed by atoms with E-state index in [1.54, 1.807) is 0 Å². The van der Waals surface area contributed by atoms with Gasteiger partial charge < -0.3 is 9.84 Å². The Kier molecular flexibility index (Phi) is 2.70. The smallest absolute Gasteiger partial charge is 0.305 e. The van der Waals surface area contributed by atoms with E-state index in [2.05, 4.69) is 4.99 Å². The van der Waals surface area contributed by atoms with E-state index in [1.807, 2.05) is 0 Å². The molecule has 0 amide bonds. The van der Waals surface area contributed by atoms with Crippen molar-refractivity contribution in [2.75, 3.05) is 6.61 Å². The van der Waals surface area contributed by atoms with Gasteiger partial charge >= 0.3 is 5.97 Å². The summed E-state index contributed by atoms with van der Waals surface area (Å²) >= 11 is 0. The summed E-state index contributed by atoms with van der Waals surface area (Å²) in [5.74, 6) is 0.484. The van der Waals surface area contributed by atoms with Crippen molar-refractivity contribution >= 4 is 11.9 Å². The lowest BCUT2D eigenvalue weighted by Crippen LogP contribution is -2.12. The van der Waals surface area contributed by atoms with E-state index in [4.69, 9.17) is 9.84 Å². The highest BCUT2D eigenvalue weighted by Crippen LogP contribution is 2.28. The lowest BCUT2D eigenvalue weighted by Gasteiger charge is -2.06. The molecular formula is C10H15NO3. The standard InChI is InChI=1S/C10H15NO3/c12-9(13)5-8-6-14-10(11-8)7-3-1-2-4-7/h7-8H,1-6H2,(H,12,13). The van der Waals surface area contributed by atoms with Gasteiger partial charge in [0.1, 0.15) is 6.61 Å². The second-order valence-corrected chi connectivity index (χ2v) is 4.01. The number of carboxylic acids is 1. The Hall–Kier alpha value is -1.06. The molecule has 1 fully saturated rings. The summed E-state index contributed by atoms with van der Waals surface area (Å²) < 4.78 is 5.44. The summed E-state index contributed by atoms with van der Waals surface area (Å²) in [6.45, 7) is 0.456. The third kappa shape index (κ3) is 2.05. The predicted molar refractivity (Wildman–Crippen MR) is 51.4 cm³/mol. The molecule has 0 spiro atoms. The number of ether oxygens (including phenoxy) is 1. The first-order valence-corrected chi connectivity index (χ1v) is 5.18. The maximum atomic E-state index is 10.5. The molecule has 1 heterocycles. The Morgan fingerprint density at radius 3 is 2.86 bits per heavy atom. The summed E-state index contributed by atoms with van der Waals surface area (Å²) in [6.07, 6.45) is 4.89. The quantitative estimate of drug-likeness (QED) is 0.744. The number of hydrogen-bond donors (Lipinski definition) is 1. The number of aliphatic imine (C=N–C) groups is 1. The Balaban J connectivity index is 1.91. The van der Waals surface area contributed by atoms with Gasteiger partial charge in [-0.05, 0) is 12.8 Å². The number of carboxylic acid groups (broad SMARTS) is 1. The fraction of sp³-hybridized carbons (Fsp3) is 0.800. The van der Waals surface area contributed by atoms with Crippen molar-refractivity contribution < 1.29 is 14.6 Å². The van der Waals surface area contributed by atoms with Gasteiger partial charge in [0.25, 0.3) is 0 Å². The summed E-state index contributed by atoms with van der Waals surface area (Å²) in [5.41, 5.74) is 0. The van der Waals surface area contributed by atoms with Crippen molar-refractivity contribution in [3.8, 4) is 0 Å². The molecule has 1 aliphatic carbocycles. The van der Waals surface area contributed by atoms with Crippen LogP contribution in [-0.2, 0) is 9.53 Å². The van der Waals surface area contributed by atoms with Crippen molar-refractivity contribution in [2.24, 2.45) is 10.9 Å². The molecule has 1 atom stereocenters. The number of hydrogen-bond acceptors (Lipinski definition) is 3. The summed E-state index contributed by atoms with van der Waals surface area (Å²) in [7, 11) is 0. The maximum absolute atomic E-state index is 10.5. The first-order valence-electron chi connectivity index (χ1n) is 5.18. The molecule has 1 unspecified atom stereocenters. The highest BCUT2D eigenvalue weighted by atomic mass is 16.5. The molecule has 0 radical (unpaired) electrons. The highest BCUT2D eigenvalue weighted by molar-refractivity contribution is 5.81. The number of aliphatic carboxylic acids is 1. The molecule has 0 bridgehead atoms. The molecule has 2 aliphatic rings. The monoisotopic (exact) mass is 197 g/mol. The minimum Gasteiger partial charge on any atom is -0.481 e. The van der Waals surface area contributed by atoms with Gasteiger partial charge in [0.15, 0.2) is 5.90 Å². The molecule has 4 heteroatoms. The van der Waals surface area contributed by atoms with Crippen LogP contribution in [0.2, 0.25) is 0 Å². The Bertz CT molecular complexity index is 256. The van der Waals surface area contributed by atoms with Crippen LogP contribution in [0.15, 0.2) is 4.99 Å². The van der Waals surface area contributed by atoms with Gasteiger partial charge in [-0.15, -0.1) is 0 Å². The predicted octanol–water partition coefficient (Wildman–Crippen LogP) is 1.45. The summed E-state index contributed by atoms with van der Waals surface area (Å²) in [6, 6.07) is -0.150. The topological polar surface area (TPSA) is 58.9 Å². The normalized spacial score (nSPS) is 27.4. The average Bonchev–Trinajstić information content (AvgIpc) is 2.69. The van der Waals surface area contributed by atoms with Crippen molar-refractivity contribution in [3.63, 3.8) is 0 Å². The minimum atomic E-state index is -0.796. The Labute approximate surface area is 83.0 Å². The molecule has 1 N–H and O–H groups in total. The fourth-order valence-corrected chi connectivity index (χ4v) is 2.14. The summed E-state index contributed by atoms with van der Waals surface area (Å²) in [5, 5.41) is 8.60. The third-order valence-electron chi connectivity index (χ3n) is 2.85. The number of carbonyl (C=O) groups is 1. The largest absolute Gasteiger partial charge is 0.481 e. The van der Waals surface area contributed by atoms with Crippen LogP contribution in [0, 0.1) is 5.92 Å². The maximum Gasteiger partial charge on any atom is 0.305 e. The first-order chi connectivity index (χ1) is 6.75. The summed E-state index contributed by atoms with van der Waals surface area (Å²) in [4.78, 5) is 14.8. The first kappa shape index (κ1) is 9.49. The van der Waals surface area contributed by atoms with Crippen LogP contribution >= 0.6 is 0 Å². The van der Waals surface area contributed by atoms with Crippen LogP contribution in [0.5, 0.6) is 0 Å². The third-order valence-corrected chi connectivity index (χ3v) is 2.85. The molecule has 4 nitrogen and oxygen atoms in total. The Morgan fingerprint density at radius 2 is 2.21 bits per heavy atom. The number of rotatable bonds is 3. The van der Waals surface area contributed by atoms with E-state index in [-0.39, 0.29) is 12.5 Å². The number of nitrogens with zero attached hydrogens (tertiary/aromatic N) is 1. The minimum absolute atomic E-state index is 0.0935. The molecule has 78 valence electrons. The van der Waals surface area contributed by atoms with Gasteiger partial charge in [-0.1, -0.05) is 12.8 Å². The van der Waals surface area contributed by atoms with Crippen molar-refractivity contribution in [3.05, 3.63) is 0 Å². The SMILES string of the molecule is O=C(O)CC1COC(C2CCCC2)=N1. The van der Waals surface area contributed by atoms with Gasteiger partial charge in [0.05, 0.1) is 12.5 Å². The van der Waals surface area contributed by atoms with Crippen LogP contribution < -0.4 is 0 Å². The molecule has 0 aromatic rings. The van der Waals surface area contributed by atoms with Crippen LogP contribution in [0.1, 0.15) is 32.1 Å². The van der Waals surface area contributed by atoms with Gasteiger partial charge in [-0.3, -0.25) is 4.79 Å². The van der Waals surface area contributed by atoms with E-state index in [9.17, 15) is 4.79 Å². The highest BCUT2D eigenvalue weighted by Gasteiger charge is 2.28. The zero-order valence-electron chi connectivity index (χ0n) is 8.11. The van der Waals surface area contributed by atoms with E-state index in [1.165, 1.54) is 12.8 Å². The van der Waals surface area contributed by atoms with Crippen molar-refractivity contribution in [1.29, 1.82) is 0 Å². The molecule has 0 aromatic heterocycles. The van der Waals surface area contributed by atoms with Crippen LogP contribution in [0.25, 0.3) is 0 Å². The van der Waals surface area contributed by atoms with Gasteiger partial charge in [0.2, 0.25) is 0 Å². The van der Waals surface area contributed by atoms with E-state index >= 15 is 0 Å². The average molecular weight is 197 g/mol. The van der Waals surface area contributed by atoms with E-state index in [0.29, 0.717) is 12.5 Å². The molecule has 2 rings (SSSR count). The molecule has 1 aliphatic heterocycles. The lowest BCUT2D eigenvalue weighted by atomic mass is 10.1. The Morgan fingerprint density at radius 1 is 1.50 bits per heavy atom. The van der Waals surface area contributed by atoms with Gasteiger partial charge in [-0.25, -0.2) is 4.99 Å². The van der Waals surface area contributed by atoms with Gasteiger partial charge in [-0.2, -0.15) is 0 Å². The van der Waals surface area contributed by atoms with E-state index in [0.717, 1.165) is 18.7 Å². The zero-order chi connectivity index (χ0) is 9.97. The zero-order valence-corrected chi connectivity index (χ0v) is 8.11. The molecule has 0 aromatic carbocycles. The van der Waals surface area contributed by atoms with Gasteiger partial charge in [0, 0.05) is 5.92 Å².